The van der Waals surface area contributed by atoms with Crippen LogP contribution in [0.15, 0.2) is 0 Å². The Bertz CT molecular complexity index is 675. The number of ether oxygens (including phenoxy) is 2. The molecule has 4 unspecified atom stereocenters. The number of hydrogen-bond donors (Lipinski definition) is 0. The zero-order chi connectivity index (χ0) is 22.6. The molecule has 10 nitrogen and oxygen atoms in total. The van der Waals surface area contributed by atoms with Crippen molar-refractivity contribution >= 4 is 20.8 Å². The van der Waals surface area contributed by atoms with Gasteiger partial charge in [0, 0.05) is 19.8 Å². The molecule has 0 radical (unpaired) electrons. The molecule has 0 aromatic carbocycles. The Morgan fingerprint density at radius 1 is 0.750 bits per heavy atom. The van der Waals surface area contributed by atoms with Crippen LogP contribution in [0.2, 0.25) is 0 Å². The first-order chi connectivity index (χ1) is 14.0. The minimum atomic E-state index is -4.55. The van der Waals surface area contributed by atoms with Gasteiger partial charge in [-0.2, -0.15) is 0 Å². The Morgan fingerprint density at radius 3 is 1.81 bits per heavy atom. The quantitative estimate of drug-likeness (QED) is 0.108. The molecule has 2 rings (SSSR count). The van der Waals surface area contributed by atoms with Crippen LogP contribution in [0.5, 0.6) is 0 Å². The van der Waals surface area contributed by atoms with Gasteiger partial charge < -0.3 is 18.6 Å². The van der Waals surface area contributed by atoms with Crippen LogP contribution >= 0.6 is 0 Å². The maximum Gasteiger partial charge on any atom is 1.00 e. The summed E-state index contributed by atoms with van der Waals surface area (Å²) in [5, 5.41) is 0. The van der Waals surface area contributed by atoms with Gasteiger partial charge in [-0.1, -0.05) is 13.8 Å². The fourth-order valence-corrected chi connectivity index (χ4v) is 4.49. The van der Waals surface area contributed by atoms with Crippen molar-refractivity contribution in [1.29, 1.82) is 0 Å². The molecule has 4 atom stereocenters. The largest absolute Gasteiger partial charge is 1.00 e. The molecule has 0 spiro atoms. The fraction of sp³-hybridized carbons (Fsp3) is 1.00. The van der Waals surface area contributed by atoms with Gasteiger partial charge in [0.1, 0.15) is 0 Å². The molecule has 180 valence electrons. The summed E-state index contributed by atoms with van der Waals surface area (Å²) in [6, 6.07) is 0. The second-order valence-corrected chi connectivity index (χ2v) is 9.81. The van der Waals surface area contributed by atoms with Crippen molar-refractivity contribution in [3.8, 4) is 0 Å². The minimum Gasteiger partial charge on any atom is -0.726 e. The molecule has 2 aliphatic carbocycles. The smallest absolute Gasteiger partial charge is 0.726 e. The molecule has 2 saturated carbocycles. The molecular weight excluding hydrogens is 486 g/mol. The Balaban J connectivity index is 0. The second kappa shape index (κ2) is 18.9. The molecular formula is C18H34Na2O10S2. The van der Waals surface area contributed by atoms with Crippen LogP contribution in [-0.4, -0.2) is 64.6 Å². The van der Waals surface area contributed by atoms with Crippen LogP contribution in [-0.2, 0) is 38.6 Å². The Kier molecular flexibility index (Phi) is 21.1. The Morgan fingerprint density at radius 2 is 1.28 bits per heavy atom. The van der Waals surface area contributed by atoms with Crippen LogP contribution in [0.25, 0.3) is 0 Å². The van der Waals surface area contributed by atoms with Crippen molar-refractivity contribution in [1.82, 2.24) is 0 Å². The maximum absolute atomic E-state index is 10.3. The summed E-state index contributed by atoms with van der Waals surface area (Å²) in [4.78, 5) is 0. The third-order valence-electron chi connectivity index (χ3n) is 4.95. The SMILES string of the molecule is CCCOC1CCC(COS(=O)(=O)[O-])C1.CCCOCC1CCC(OS(=O)(=O)[O-])C1.[Na+].[Na+]. The molecule has 0 N–H and O–H groups in total. The van der Waals surface area contributed by atoms with E-state index < -0.39 is 26.9 Å². The summed E-state index contributed by atoms with van der Waals surface area (Å²) in [5.41, 5.74) is 0. The van der Waals surface area contributed by atoms with Crippen molar-refractivity contribution in [3.63, 3.8) is 0 Å². The van der Waals surface area contributed by atoms with Crippen molar-refractivity contribution in [2.45, 2.75) is 77.4 Å². The van der Waals surface area contributed by atoms with Gasteiger partial charge in [-0.15, -0.1) is 0 Å². The molecule has 32 heavy (non-hydrogen) atoms. The molecule has 2 fully saturated rings. The van der Waals surface area contributed by atoms with Crippen molar-refractivity contribution in [2.24, 2.45) is 11.8 Å². The summed E-state index contributed by atoms with van der Waals surface area (Å²) in [5.74, 6) is 0.457. The van der Waals surface area contributed by atoms with E-state index in [2.05, 4.69) is 8.37 Å². The zero-order valence-corrected chi connectivity index (χ0v) is 25.3. The van der Waals surface area contributed by atoms with Gasteiger partial charge >= 0.3 is 59.1 Å². The van der Waals surface area contributed by atoms with E-state index in [9.17, 15) is 25.9 Å². The first-order valence-electron chi connectivity index (χ1n) is 10.5. The van der Waals surface area contributed by atoms with Crippen LogP contribution < -0.4 is 59.1 Å². The van der Waals surface area contributed by atoms with E-state index in [1.54, 1.807) is 0 Å². The normalized spacial score (nSPS) is 25.4. The molecule has 0 heterocycles. The van der Waals surface area contributed by atoms with E-state index in [4.69, 9.17) is 9.47 Å². The second-order valence-electron chi connectivity index (χ2n) is 7.75. The van der Waals surface area contributed by atoms with Crippen molar-refractivity contribution < 1.29 is 103 Å². The fourth-order valence-electron chi connectivity index (χ4n) is 3.62. The molecule has 0 aromatic rings. The molecule has 14 heteroatoms. The molecule has 2 aliphatic rings. The number of rotatable bonds is 12. The number of hydrogen-bond acceptors (Lipinski definition) is 10. The third kappa shape index (κ3) is 18.9. The van der Waals surface area contributed by atoms with E-state index in [0.717, 1.165) is 51.7 Å². The predicted molar refractivity (Wildman–Crippen MR) is 106 cm³/mol. The first kappa shape index (κ1) is 35.8. The monoisotopic (exact) mass is 520 g/mol. The molecule has 0 aromatic heterocycles. The first-order valence-corrected chi connectivity index (χ1v) is 13.1. The summed E-state index contributed by atoms with van der Waals surface area (Å²) in [6.07, 6.45) is 6.38. The van der Waals surface area contributed by atoms with Crippen LogP contribution in [0.1, 0.15) is 65.2 Å². The van der Waals surface area contributed by atoms with Crippen LogP contribution in [0.4, 0.5) is 0 Å². The Labute approximate surface area is 237 Å². The van der Waals surface area contributed by atoms with Gasteiger partial charge in [-0.25, -0.2) is 16.8 Å². The average Bonchev–Trinajstić information content (AvgIpc) is 3.26. The van der Waals surface area contributed by atoms with Gasteiger partial charge in [0.15, 0.2) is 0 Å². The van der Waals surface area contributed by atoms with Gasteiger partial charge in [0.05, 0.1) is 18.8 Å². The average molecular weight is 521 g/mol. The van der Waals surface area contributed by atoms with Gasteiger partial charge in [-0.05, 0) is 63.2 Å². The predicted octanol–water partition coefficient (Wildman–Crippen LogP) is -3.87. The van der Waals surface area contributed by atoms with Gasteiger partial charge in [0.2, 0.25) is 20.8 Å². The van der Waals surface area contributed by atoms with E-state index in [1.807, 2.05) is 13.8 Å². The van der Waals surface area contributed by atoms with E-state index in [1.165, 1.54) is 0 Å². The van der Waals surface area contributed by atoms with Crippen molar-refractivity contribution in [2.75, 3.05) is 26.4 Å². The summed E-state index contributed by atoms with van der Waals surface area (Å²) >= 11 is 0. The standard InChI is InChI=1S/2C9H18O5S.2Na/c1-2-5-13-9-4-3-8(6-9)7-14-15(10,11)12;1-2-5-13-7-8-3-4-9(6-8)14-15(10,11)12;;/h2*8-9H,2-7H2,1H3,(H,10,11,12);;/q;;2*+1/p-2. The minimum absolute atomic E-state index is 0. The summed E-state index contributed by atoms with van der Waals surface area (Å²) in [6.45, 7) is 6.16. The van der Waals surface area contributed by atoms with Gasteiger partial charge in [-0.3, -0.25) is 8.37 Å². The maximum atomic E-state index is 10.3. The third-order valence-corrected chi connectivity index (χ3v) is 5.88. The van der Waals surface area contributed by atoms with E-state index in [-0.39, 0.29) is 77.7 Å². The zero-order valence-electron chi connectivity index (χ0n) is 19.7. The van der Waals surface area contributed by atoms with E-state index >= 15 is 0 Å². The topological polar surface area (TPSA) is 151 Å². The molecule has 0 saturated heterocycles. The van der Waals surface area contributed by atoms with Crippen LogP contribution in [0, 0.1) is 11.8 Å². The summed E-state index contributed by atoms with van der Waals surface area (Å²) < 4.78 is 81.2. The summed E-state index contributed by atoms with van der Waals surface area (Å²) in [7, 11) is -9.08. The molecule has 0 aliphatic heterocycles. The van der Waals surface area contributed by atoms with Crippen LogP contribution in [0.3, 0.4) is 0 Å². The van der Waals surface area contributed by atoms with Crippen molar-refractivity contribution in [3.05, 3.63) is 0 Å². The molecule has 0 amide bonds. The Hall–Kier alpha value is 1.66. The van der Waals surface area contributed by atoms with E-state index in [0.29, 0.717) is 25.4 Å². The van der Waals surface area contributed by atoms with Gasteiger partial charge in [0.25, 0.3) is 0 Å². The molecule has 0 bridgehead atoms.